The smallest absolute Gasteiger partial charge is 0.144 e. The first-order chi connectivity index (χ1) is 9.11. The summed E-state index contributed by atoms with van der Waals surface area (Å²) in [6.45, 7) is 3.11. The van der Waals surface area contributed by atoms with Crippen molar-refractivity contribution in [3.05, 3.63) is 33.8 Å². The van der Waals surface area contributed by atoms with Crippen LogP contribution in [-0.2, 0) is 6.54 Å². The highest BCUT2D eigenvalue weighted by molar-refractivity contribution is 9.10. The lowest BCUT2D eigenvalue weighted by Crippen LogP contribution is -2.38. The van der Waals surface area contributed by atoms with Crippen molar-refractivity contribution >= 4 is 28.3 Å². The Labute approximate surface area is 133 Å². The first-order valence-electron chi connectivity index (χ1n) is 6.61. The molecule has 1 aliphatic heterocycles. The van der Waals surface area contributed by atoms with E-state index in [4.69, 9.17) is 0 Å². The fourth-order valence-corrected chi connectivity index (χ4v) is 3.06. The van der Waals surface area contributed by atoms with Gasteiger partial charge in [0, 0.05) is 18.7 Å². The molecular formula is C14H20BrClF2N2. The van der Waals surface area contributed by atoms with Crippen LogP contribution in [0.25, 0.3) is 0 Å². The second-order valence-corrected chi connectivity index (χ2v) is 5.98. The predicted octanol–water partition coefficient (Wildman–Crippen LogP) is 3.58. The molecule has 0 bridgehead atoms. The van der Waals surface area contributed by atoms with Crippen LogP contribution in [0.15, 0.2) is 16.6 Å². The van der Waals surface area contributed by atoms with E-state index in [9.17, 15) is 8.78 Å². The molecule has 0 radical (unpaired) electrons. The molecule has 6 heteroatoms. The summed E-state index contributed by atoms with van der Waals surface area (Å²) in [5, 5.41) is 3.17. The van der Waals surface area contributed by atoms with E-state index in [0.717, 1.165) is 26.1 Å². The number of rotatable bonds is 4. The lowest BCUT2D eigenvalue weighted by Gasteiger charge is -2.32. The standard InChI is InChI=1S/C14H19BrF2N2.ClH/c1-18-7-10-3-2-6-19(8-10)9-11-13(16)5-4-12(15)14(11)17;/h4-5,10,18H,2-3,6-9H2,1H3;1H. The monoisotopic (exact) mass is 368 g/mol. The van der Waals surface area contributed by atoms with E-state index in [1.807, 2.05) is 7.05 Å². The Balaban J connectivity index is 0.00000200. The van der Waals surface area contributed by atoms with Crippen LogP contribution in [0.2, 0.25) is 0 Å². The number of nitrogens with one attached hydrogen (secondary N) is 1. The van der Waals surface area contributed by atoms with E-state index < -0.39 is 11.6 Å². The molecule has 114 valence electrons. The number of hydrogen-bond acceptors (Lipinski definition) is 2. The quantitative estimate of drug-likeness (QED) is 0.816. The predicted molar refractivity (Wildman–Crippen MR) is 83.2 cm³/mol. The topological polar surface area (TPSA) is 15.3 Å². The molecule has 1 heterocycles. The first kappa shape index (κ1) is 17.8. The van der Waals surface area contributed by atoms with E-state index in [1.54, 1.807) is 0 Å². The average Bonchev–Trinajstić information content (AvgIpc) is 2.40. The third-order valence-corrected chi connectivity index (χ3v) is 4.23. The van der Waals surface area contributed by atoms with Gasteiger partial charge in [0.25, 0.3) is 0 Å². The van der Waals surface area contributed by atoms with Gasteiger partial charge in [-0.2, -0.15) is 0 Å². The number of halogens is 4. The molecule has 2 rings (SSSR count). The molecule has 0 saturated carbocycles. The normalized spacial score (nSPS) is 19.7. The highest BCUT2D eigenvalue weighted by Gasteiger charge is 2.22. The molecule has 1 aliphatic rings. The maximum atomic E-state index is 13.9. The molecule has 0 amide bonds. The Morgan fingerprint density at radius 2 is 2.15 bits per heavy atom. The molecule has 1 aromatic rings. The Morgan fingerprint density at radius 3 is 2.85 bits per heavy atom. The van der Waals surface area contributed by atoms with Crippen LogP contribution >= 0.6 is 28.3 Å². The third-order valence-electron chi connectivity index (χ3n) is 3.62. The Bertz CT molecular complexity index is 443. The van der Waals surface area contributed by atoms with Gasteiger partial charge in [-0.25, -0.2) is 8.78 Å². The maximum Gasteiger partial charge on any atom is 0.144 e. The molecule has 0 aromatic heterocycles. The molecule has 1 saturated heterocycles. The second-order valence-electron chi connectivity index (χ2n) is 5.12. The van der Waals surface area contributed by atoms with Gasteiger partial charge < -0.3 is 5.32 Å². The van der Waals surface area contributed by atoms with Crippen molar-refractivity contribution in [2.45, 2.75) is 19.4 Å². The summed E-state index contributed by atoms with van der Waals surface area (Å²) in [6.07, 6.45) is 2.27. The molecule has 1 fully saturated rings. The maximum absolute atomic E-state index is 13.9. The fourth-order valence-electron chi connectivity index (χ4n) is 2.69. The summed E-state index contributed by atoms with van der Waals surface area (Å²) >= 11 is 3.11. The average molecular weight is 370 g/mol. The van der Waals surface area contributed by atoms with Crippen LogP contribution in [0, 0.1) is 17.6 Å². The van der Waals surface area contributed by atoms with Crippen LogP contribution in [-0.4, -0.2) is 31.6 Å². The molecule has 0 spiro atoms. The van der Waals surface area contributed by atoms with Gasteiger partial charge in [0.2, 0.25) is 0 Å². The number of hydrogen-bond donors (Lipinski definition) is 1. The second kappa shape index (κ2) is 8.27. The summed E-state index contributed by atoms with van der Waals surface area (Å²) in [4.78, 5) is 2.14. The number of piperidine rings is 1. The minimum atomic E-state index is -0.476. The van der Waals surface area contributed by atoms with Gasteiger partial charge in [0.1, 0.15) is 11.6 Å². The van der Waals surface area contributed by atoms with Gasteiger partial charge in [0.05, 0.1) is 4.47 Å². The van der Waals surface area contributed by atoms with Gasteiger partial charge in [-0.3, -0.25) is 4.90 Å². The van der Waals surface area contributed by atoms with E-state index in [1.165, 1.54) is 18.6 Å². The molecule has 1 atom stereocenters. The van der Waals surface area contributed by atoms with Crippen LogP contribution in [0.5, 0.6) is 0 Å². The van der Waals surface area contributed by atoms with E-state index in [0.29, 0.717) is 16.9 Å². The van der Waals surface area contributed by atoms with Crippen LogP contribution in [0.1, 0.15) is 18.4 Å². The van der Waals surface area contributed by atoms with Crippen molar-refractivity contribution in [3.63, 3.8) is 0 Å². The lowest BCUT2D eigenvalue weighted by molar-refractivity contribution is 0.163. The van der Waals surface area contributed by atoms with E-state index >= 15 is 0 Å². The molecule has 0 aliphatic carbocycles. The van der Waals surface area contributed by atoms with Crippen molar-refractivity contribution in [2.24, 2.45) is 5.92 Å². The zero-order valence-corrected chi connectivity index (χ0v) is 13.9. The minimum absolute atomic E-state index is 0. The summed E-state index contributed by atoms with van der Waals surface area (Å²) in [6, 6.07) is 2.73. The fraction of sp³-hybridized carbons (Fsp3) is 0.571. The van der Waals surface area contributed by atoms with Crippen LogP contribution in [0.4, 0.5) is 8.78 Å². The summed E-state index contributed by atoms with van der Waals surface area (Å²) < 4.78 is 28.0. The Morgan fingerprint density at radius 1 is 1.40 bits per heavy atom. The van der Waals surface area contributed by atoms with Crippen molar-refractivity contribution in [3.8, 4) is 0 Å². The highest BCUT2D eigenvalue weighted by atomic mass is 79.9. The number of benzene rings is 1. The van der Waals surface area contributed by atoms with Gasteiger partial charge in [-0.1, -0.05) is 0 Å². The summed E-state index contributed by atoms with van der Waals surface area (Å²) in [5.74, 6) is -0.371. The van der Waals surface area contributed by atoms with Crippen molar-refractivity contribution in [2.75, 3.05) is 26.7 Å². The lowest BCUT2D eigenvalue weighted by atomic mass is 9.97. The van der Waals surface area contributed by atoms with Crippen molar-refractivity contribution < 1.29 is 8.78 Å². The Kier molecular flexibility index (Phi) is 7.37. The van der Waals surface area contributed by atoms with Gasteiger partial charge in [-0.15, -0.1) is 12.4 Å². The van der Waals surface area contributed by atoms with Crippen molar-refractivity contribution in [1.29, 1.82) is 0 Å². The molecule has 20 heavy (non-hydrogen) atoms. The third kappa shape index (κ3) is 4.38. The van der Waals surface area contributed by atoms with Crippen LogP contribution in [0.3, 0.4) is 0 Å². The van der Waals surface area contributed by atoms with Gasteiger partial charge >= 0.3 is 0 Å². The summed E-state index contributed by atoms with van der Waals surface area (Å²) in [7, 11) is 1.94. The number of nitrogens with zero attached hydrogens (tertiary/aromatic N) is 1. The minimum Gasteiger partial charge on any atom is -0.319 e. The molecule has 1 aromatic carbocycles. The van der Waals surface area contributed by atoms with Gasteiger partial charge in [0.15, 0.2) is 0 Å². The molecule has 2 nitrogen and oxygen atoms in total. The zero-order chi connectivity index (χ0) is 13.8. The highest BCUT2D eigenvalue weighted by Crippen LogP contribution is 2.25. The molecule has 1 N–H and O–H groups in total. The SMILES string of the molecule is CNCC1CCCN(Cc2c(F)ccc(Br)c2F)C1.Cl. The van der Waals surface area contributed by atoms with Gasteiger partial charge in [-0.05, 0) is 67.0 Å². The van der Waals surface area contributed by atoms with Crippen molar-refractivity contribution in [1.82, 2.24) is 10.2 Å². The Hall–Kier alpha value is -0.230. The largest absolute Gasteiger partial charge is 0.319 e. The number of likely N-dealkylation sites (tertiary alicyclic amines) is 1. The summed E-state index contributed by atoms with van der Waals surface area (Å²) in [5.41, 5.74) is 0.166. The van der Waals surface area contributed by atoms with E-state index in [-0.39, 0.29) is 18.0 Å². The van der Waals surface area contributed by atoms with E-state index in [2.05, 4.69) is 26.1 Å². The van der Waals surface area contributed by atoms with Crippen LogP contribution < -0.4 is 5.32 Å². The zero-order valence-electron chi connectivity index (χ0n) is 11.5. The first-order valence-corrected chi connectivity index (χ1v) is 7.40. The molecule has 1 unspecified atom stereocenters. The molecular weight excluding hydrogens is 350 g/mol.